The van der Waals surface area contributed by atoms with E-state index in [0.717, 1.165) is 18.4 Å². The van der Waals surface area contributed by atoms with Gasteiger partial charge in [0.25, 0.3) is 5.91 Å². The van der Waals surface area contributed by atoms with Crippen molar-refractivity contribution in [1.29, 1.82) is 0 Å². The number of alkyl halides is 3. The van der Waals surface area contributed by atoms with Gasteiger partial charge in [0.2, 0.25) is 5.76 Å². The Kier molecular flexibility index (Phi) is 7.15. The van der Waals surface area contributed by atoms with Crippen LogP contribution in [0.15, 0.2) is 52.9 Å². The number of hydrogen-bond acceptors (Lipinski definition) is 4. The van der Waals surface area contributed by atoms with Crippen molar-refractivity contribution in [3.8, 4) is 5.75 Å². The highest BCUT2D eigenvalue weighted by atomic mass is 79.9. The maximum atomic E-state index is 13.0. The molecule has 0 radical (unpaired) electrons. The van der Waals surface area contributed by atoms with E-state index in [1.807, 2.05) is 0 Å². The van der Waals surface area contributed by atoms with Gasteiger partial charge in [0.05, 0.1) is 18.2 Å². The summed E-state index contributed by atoms with van der Waals surface area (Å²) in [6, 6.07) is 6.92. The van der Waals surface area contributed by atoms with Crippen LogP contribution in [0.2, 0.25) is 5.02 Å². The van der Waals surface area contributed by atoms with E-state index >= 15 is 0 Å². The lowest BCUT2D eigenvalue weighted by Crippen LogP contribution is -2.16. The first-order chi connectivity index (χ1) is 13.5. The first-order valence-corrected chi connectivity index (χ1v) is 8.81. The number of halogens is 5. The summed E-state index contributed by atoms with van der Waals surface area (Å²) < 4.78 is 48.7. The summed E-state index contributed by atoms with van der Waals surface area (Å²) in [4.78, 5) is 23.8. The predicted molar refractivity (Wildman–Crippen MR) is 102 cm³/mol. The fourth-order valence-corrected chi connectivity index (χ4v) is 2.77. The van der Waals surface area contributed by atoms with Crippen molar-refractivity contribution in [2.45, 2.75) is 6.18 Å². The summed E-state index contributed by atoms with van der Waals surface area (Å²) >= 11 is 8.69. The van der Waals surface area contributed by atoms with E-state index in [1.165, 1.54) is 31.4 Å². The minimum Gasteiger partial charge on any atom is -0.500 e. The number of methoxy groups -OCH3 is 1. The monoisotopic (exact) mass is 493 g/mol. The minimum atomic E-state index is -4.63. The number of rotatable bonds is 6. The number of benzene rings is 2. The minimum absolute atomic E-state index is 0.127. The van der Waals surface area contributed by atoms with Gasteiger partial charge in [0.15, 0.2) is 0 Å². The molecular weight excluding hydrogens is 483 g/mol. The van der Waals surface area contributed by atoms with Gasteiger partial charge >= 0.3 is 12.1 Å². The Hall–Kier alpha value is -2.72. The number of aliphatic carboxylic acids is 1. The molecule has 0 heterocycles. The predicted octanol–water partition coefficient (Wildman–Crippen LogP) is 5.32. The van der Waals surface area contributed by atoms with Gasteiger partial charge in [-0.1, -0.05) is 27.5 Å². The van der Waals surface area contributed by atoms with Crippen LogP contribution in [0.4, 0.5) is 18.9 Å². The van der Waals surface area contributed by atoms with Gasteiger partial charge in [-0.05, 0) is 36.4 Å². The van der Waals surface area contributed by atoms with E-state index in [0.29, 0.717) is 0 Å². The standard InChI is InChI=1S/C18H12BrClF3NO5/c1-28-8-15(17(26)27)29-14-5-2-9(20)6-11(14)16(25)24-10-3-4-13(19)12(7-10)18(21,22)23/h2-8H,1H3,(H,24,25)(H,26,27). The number of carbonyl (C=O) groups excluding carboxylic acids is 1. The Balaban J connectivity index is 2.38. The van der Waals surface area contributed by atoms with Crippen LogP contribution in [0.3, 0.4) is 0 Å². The molecule has 0 saturated carbocycles. The summed E-state index contributed by atoms with van der Waals surface area (Å²) in [5, 5.41) is 11.5. The molecule has 2 aromatic carbocycles. The molecule has 11 heteroatoms. The molecule has 2 N–H and O–H groups in total. The van der Waals surface area contributed by atoms with Crippen molar-refractivity contribution in [2.75, 3.05) is 12.4 Å². The third-order valence-electron chi connectivity index (χ3n) is 3.37. The molecule has 0 unspecified atom stereocenters. The Labute approximate surface area is 176 Å². The van der Waals surface area contributed by atoms with E-state index in [2.05, 4.69) is 26.0 Å². The number of anilines is 1. The average molecular weight is 495 g/mol. The van der Waals surface area contributed by atoms with E-state index in [1.54, 1.807) is 0 Å². The van der Waals surface area contributed by atoms with Crippen LogP contribution in [0.25, 0.3) is 0 Å². The first-order valence-electron chi connectivity index (χ1n) is 7.64. The number of carbonyl (C=O) groups is 2. The zero-order chi connectivity index (χ0) is 21.8. The summed E-state index contributed by atoms with van der Waals surface area (Å²) in [5.41, 5.74) is -1.31. The first kappa shape index (κ1) is 22.6. The molecular formula is C18H12BrClF3NO5. The second-order valence-corrected chi connectivity index (χ2v) is 6.70. The summed E-state index contributed by atoms with van der Waals surface area (Å²) in [6.45, 7) is 0. The number of carboxylic acids is 1. The molecule has 0 aromatic heterocycles. The van der Waals surface area contributed by atoms with Crippen molar-refractivity contribution in [1.82, 2.24) is 0 Å². The molecule has 6 nitrogen and oxygen atoms in total. The maximum Gasteiger partial charge on any atom is 0.417 e. The molecule has 1 amide bonds. The Morgan fingerprint density at radius 2 is 1.90 bits per heavy atom. The molecule has 2 rings (SSSR count). The van der Waals surface area contributed by atoms with Crippen LogP contribution >= 0.6 is 27.5 Å². The van der Waals surface area contributed by atoms with Crippen LogP contribution in [0, 0.1) is 0 Å². The lowest BCUT2D eigenvalue weighted by Gasteiger charge is -2.14. The molecule has 0 aliphatic heterocycles. The molecule has 0 saturated heterocycles. The van der Waals surface area contributed by atoms with Crippen molar-refractivity contribution in [3.63, 3.8) is 0 Å². The van der Waals surface area contributed by atoms with Crippen LogP contribution in [-0.2, 0) is 15.7 Å². The zero-order valence-electron chi connectivity index (χ0n) is 14.5. The number of ether oxygens (including phenoxy) is 2. The number of amides is 1. The zero-order valence-corrected chi connectivity index (χ0v) is 16.9. The number of nitrogens with one attached hydrogen (secondary N) is 1. The molecule has 0 atom stereocenters. The summed E-state index contributed by atoms with van der Waals surface area (Å²) in [7, 11) is 1.20. The molecule has 29 heavy (non-hydrogen) atoms. The van der Waals surface area contributed by atoms with Crippen LogP contribution < -0.4 is 10.1 Å². The Morgan fingerprint density at radius 1 is 1.21 bits per heavy atom. The molecule has 0 spiro atoms. The van der Waals surface area contributed by atoms with Gasteiger partial charge in [-0.25, -0.2) is 4.79 Å². The summed E-state index contributed by atoms with van der Waals surface area (Å²) in [5.74, 6) is -3.13. The van der Waals surface area contributed by atoms with Crippen molar-refractivity contribution in [3.05, 3.63) is 69.0 Å². The van der Waals surface area contributed by atoms with Gasteiger partial charge in [-0.15, -0.1) is 0 Å². The van der Waals surface area contributed by atoms with E-state index in [4.69, 9.17) is 21.4 Å². The van der Waals surface area contributed by atoms with Gasteiger partial charge in [-0.2, -0.15) is 13.2 Å². The van der Waals surface area contributed by atoms with E-state index < -0.39 is 29.4 Å². The third kappa shape index (κ3) is 5.88. The fourth-order valence-electron chi connectivity index (χ4n) is 2.13. The normalized spacial score (nSPS) is 11.7. The molecule has 0 aliphatic rings. The van der Waals surface area contributed by atoms with Gasteiger partial charge in [-0.3, -0.25) is 4.79 Å². The summed E-state index contributed by atoms with van der Waals surface area (Å²) in [6.07, 6.45) is -3.83. The van der Waals surface area contributed by atoms with E-state index in [9.17, 15) is 22.8 Å². The van der Waals surface area contributed by atoms with Crippen LogP contribution in [0.5, 0.6) is 5.75 Å². The molecule has 0 fully saturated rings. The largest absolute Gasteiger partial charge is 0.500 e. The Morgan fingerprint density at radius 3 is 2.48 bits per heavy atom. The van der Waals surface area contributed by atoms with Crippen molar-refractivity contribution >= 4 is 45.1 Å². The third-order valence-corrected chi connectivity index (χ3v) is 4.30. The van der Waals surface area contributed by atoms with Crippen molar-refractivity contribution < 1.29 is 37.3 Å². The van der Waals surface area contributed by atoms with Gasteiger partial charge < -0.3 is 19.9 Å². The molecule has 154 valence electrons. The van der Waals surface area contributed by atoms with Gasteiger partial charge in [0, 0.05) is 15.2 Å². The lowest BCUT2D eigenvalue weighted by atomic mass is 10.1. The average Bonchev–Trinajstić information content (AvgIpc) is 2.63. The van der Waals surface area contributed by atoms with E-state index in [-0.39, 0.29) is 26.5 Å². The Bertz CT molecular complexity index is 978. The van der Waals surface area contributed by atoms with Crippen LogP contribution in [0.1, 0.15) is 15.9 Å². The topological polar surface area (TPSA) is 84.9 Å². The maximum absolute atomic E-state index is 13.0. The lowest BCUT2D eigenvalue weighted by molar-refractivity contribution is -0.138. The molecule has 2 aromatic rings. The second-order valence-electron chi connectivity index (χ2n) is 5.41. The molecule has 0 aliphatic carbocycles. The molecule has 0 bridgehead atoms. The van der Waals surface area contributed by atoms with Crippen LogP contribution in [-0.4, -0.2) is 24.1 Å². The number of hydrogen-bond donors (Lipinski definition) is 2. The van der Waals surface area contributed by atoms with Crippen molar-refractivity contribution in [2.24, 2.45) is 0 Å². The van der Waals surface area contributed by atoms with Gasteiger partial charge in [0.1, 0.15) is 12.0 Å². The highest BCUT2D eigenvalue weighted by Crippen LogP contribution is 2.36. The highest BCUT2D eigenvalue weighted by Gasteiger charge is 2.33. The smallest absolute Gasteiger partial charge is 0.417 e. The number of carboxylic acid groups (broad SMARTS) is 1. The second kappa shape index (κ2) is 9.19. The fraction of sp³-hybridized carbons (Fsp3) is 0.111. The highest BCUT2D eigenvalue weighted by molar-refractivity contribution is 9.10. The quantitative estimate of drug-likeness (QED) is 0.419. The SMILES string of the molecule is COC=C(Oc1ccc(Cl)cc1C(=O)Nc1ccc(Br)c(C(F)(F)F)c1)C(=O)O.